The molecule has 0 aliphatic heterocycles. The van der Waals surface area contributed by atoms with Gasteiger partial charge in [-0.05, 0) is 62.8 Å². The molecule has 0 saturated carbocycles. The molecule has 1 heterocycles. The summed E-state index contributed by atoms with van der Waals surface area (Å²) in [4.78, 5) is 7.35. The third kappa shape index (κ3) is 2.72. The van der Waals surface area contributed by atoms with Crippen molar-refractivity contribution in [1.82, 2.24) is 9.97 Å². The first kappa shape index (κ1) is 17.8. The van der Waals surface area contributed by atoms with E-state index in [0.29, 0.717) is 0 Å². The zero-order valence-electron chi connectivity index (χ0n) is 16.9. The second-order valence-corrected chi connectivity index (χ2v) is 7.94. The maximum atomic E-state index is 3.67. The zero-order chi connectivity index (χ0) is 20.7. The van der Waals surface area contributed by atoms with E-state index in [-0.39, 0.29) is 5.41 Å². The van der Waals surface area contributed by atoms with Gasteiger partial charge in [-0.3, -0.25) is 0 Å². The average Bonchev–Trinajstić information content (AvgIpc) is 3.42. The molecule has 146 valence electrons. The van der Waals surface area contributed by atoms with Crippen LogP contribution in [0.1, 0.15) is 22.3 Å². The fourth-order valence-electron chi connectivity index (χ4n) is 4.94. The molecule has 1 spiro atoms. The lowest BCUT2D eigenvalue weighted by Crippen LogP contribution is -2.24. The molecular weight excluding hydrogens is 376 g/mol. The van der Waals surface area contributed by atoms with Crippen LogP contribution in [0, 0.1) is 5.41 Å². The predicted molar refractivity (Wildman–Crippen MR) is 128 cm³/mol. The Kier molecular flexibility index (Phi) is 4.03. The van der Waals surface area contributed by atoms with Crippen molar-refractivity contribution < 1.29 is 0 Å². The Bertz CT molecular complexity index is 1250. The van der Waals surface area contributed by atoms with Crippen LogP contribution >= 0.6 is 0 Å². The number of hydrogen-bond acceptors (Lipinski definition) is 2. The van der Waals surface area contributed by atoms with Gasteiger partial charge in [-0.2, -0.15) is 0 Å². The number of rotatable bonds is 0. The van der Waals surface area contributed by atoms with Crippen molar-refractivity contribution >= 4 is 23.3 Å². The normalized spacial score (nSPS) is 17.8. The number of hydrogen-bond donors (Lipinski definition) is 0. The minimum atomic E-state index is -0.161. The van der Waals surface area contributed by atoms with E-state index in [4.69, 9.17) is 0 Å². The average molecular weight is 396 g/mol. The monoisotopic (exact) mass is 396 g/mol. The Morgan fingerprint density at radius 1 is 0.581 bits per heavy atom. The molecule has 0 fully saturated rings. The molecule has 0 saturated heterocycles. The van der Waals surface area contributed by atoms with Gasteiger partial charge in [0, 0.05) is 12.4 Å². The van der Waals surface area contributed by atoms with Crippen molar-refractivity contribution in [2.45, 2.75) is 0 Å². The van der Waals surface area contributed by atoms with Crippen molar-refractivity contribution in [2.24, 2.45) is 5.41 Å². The van der Waals surface area contributed by atoms with Crippen molar-refractivity contribution in [3.05, 3.63) is 143 Å². The molecule has 2 aromatic carbocycles. The third-order valence-corrected chi connectivity index (χ3v) is 6.29. The minimum absolute atomic E-state index is 0.161. The molecule has 3 aromatic rings. The smallest absolute Gasteiger partial charge is 0.115 e. The van der Waals surface area contributed by atoms with Crippen LogP contribution in [0.2, 0.25) is 0 Å². The second kappa shape index (κ2) is 7.03. The molecule has 0 atom stereocenters. The first-order valence-electron chi connectivity index (χ1n) is 10.5. The minimum Gasteiger partial charge on any atom is -0.245 e. The van der Waals surface area contributed by atoms with Gasteiger partial charge in [0.1, 0.15) is 6.33 Å². The van der Waals surface area contributed by atoms with Crippen LogP contribution in [-0.2, 0) is 0 Å². The number of aromatic nitrogens is 2. The van der Waals surface area contributed by atoms with Crippen LogP contribution in [-0.4, -0.2) is 9.97 Å². The maximum Gasteiger partial charge on any atom is 0.115 e. The lowest BCUT2D eigenvalue weighted by atomic mass is 9.65. The molecule has 0 unspecified atom stereocenters. The summed E-state index contributed by atoms with van der Waals surface area (Å²) < 4.78 is 0. The molecule has 0 amide bonds. The second-order valence-electron chi connectivity index (χ2n) is 7.94. The molecule has 4 aliphatic rings. The van der Waals surface area contributed by atoms with Gasteiger partial charge in [0.25, 0.3) is 0 Å². The first-order chi connectivity index (χ1) is 15.4. The van der Waals surface area contributed by atoms with Gasteiger partial charge < -0.3 is 0 Å². The quantitative estimate of drug-likeness (QED) is 0.431. The first-order valence-corrected chi connectivity index (χ1v) is 10.5. The molecule has 31 heavy (non-hydrogen) atoms. The molecule has 2 heteroatoms. The van der Waals surface area contributed by atoms with Gasteiger partial charge in [-0.1, -0.05) is 85.0 Å². The van der Waals surface area contributed by atoms with Crippen molar-refractivity contribution in [3.63, 3.8) is 0 Å². The summed E-state index contributed by atoms with van der Waals surface area (Å²) >= 11 is 0. The van der Waals surface area contributed by atoms with E-state index in [1.54, 1.807) is 18.5 Å². The van der Waals surface area contributed by atoms with Crippen LogP contribution in [0.4, 0.5) is 0 Å². The van der Waals surface area contributed by atoms with Crippen molar-refractivity contribution in [1.29, 1.82) is 0 Å². The Hall–Kier alpha value is -4.04. The highest BCUT2D eigenvalue weighted by atomic mass is 14.8. The summed E-state index contributed by atoms with van der Waals surface area (Å²) in [6.07, 6.45) is 23.3. The zero-order valence-corrected chi connectivity index (χ0v) is 16.9. The van der Waals surface area contributed by atoms with Crippen LogP contribution in [0.5, 0.6) is 0 Å². The Balaban J connectivity index is 0.000000269. The molecule has 0 radical (unpaired) electrons. The standard InChI is InChI=1S/C25H16.C4H4N2/c1-3-9-19-17(7-1)15-23-21(19)11-5-13-25(23)14-6-12-22-20-10-4-2-8-18(20)16-24(22)25;1-2-5-4-6-3-1/h1-16H;1-4H. The topological polar surface area (TPSA) is 25.8 Å². The number of nitrogens with zero attached hydrogens (tertiary/aromatic N) is 2. The van der Waals surface area contributed by atoms with Crippen LogP contribution in [0.15, 0.2) is 121 Å². The van der Waals surface area contributed by atoms with E-state index < -0.39 is 0 Å². The van der Waals surface area contributed by atoms with Gasteiger partial charge in [0.15, 0.2) is 0 Å². The summed E-state index contributed by atoms with van der Waals surface area (Å²) in [6.45, 7) is 0. The molecule has 2 nitrogen and oxygen atoms in total. The SMILES string of the molecule is C1=CC2(C=CC=C3C2=Cc2ccccc23)C2=Cc3ccccc3C2=C1.c1cncnc1. The van der Waals surface area contributed by atoms with E-state index >= 15 is 0 Å². The Labute approximate surface area is 182 Å². The van der Waals surface area contributed by atoms with Gasteiger partial charge in [-0.25, -0.2) is 9.97 Å². The van der Waals surface area contributed by atoms with E-state index in [1.807, 2.05) is 0 Å². The lowest BCUT2D eigenvalue weighted by molar-refractivity contribution is 0.754. The molecule has 1 aromatic heterocycles. The predicted octanol–water partition coefficient (Wildman–Crippen LogP) is 6.55. The number of fused-ring (bicyclic) bond motifs is 8. The van der Waals surface area contributed by atoms with E-state index in [2.05, 4.69) is 107 Å². The van der Waals surface area contributed by atoms with Crippen molar-refractivity contribution in [3.8, 4) is 0 Å². The Morgan fingerprint density at radius 3 is 1.55 bits per heavy atom. The molecule has 4 aliphatic carbocycles. The van der Waals surface area contributed by atoms with Crippen LogP contribution in [0.25, 0.3) is 23.3 Å². The van der Waals surface area contributed by atoms with E-state index in [9.17, 15) is 0 Å². The highest BCUT2D eigenvalue weighted by Gasteiger charge is 2.43. The molecule has 0 bridgehead atoms. The van der Waals surface area contributed by atoms with Gasteiger partial charge in [0.2, 0.25) is 0 Å². The maximum absolute atomic E-state index is 3.67. The number of benzene rings is 2. The summed E-state index contributed by atoms with van der Waals surface area (Å²) in [5.74, 6) is 0. The fraction of sp³-hybridized carbons (Fsp3) is 0.0345. The fourth-order valence-corrected chi connectivity index (χ4v) is 4.94. The highest BCUT2D eigenvalue weighted by molar-refractivity contribution is 6.05. The summed E-state index contributed by atoms with van der Waals surface area (Å²) in [6, 6.07) is 19.2. The van der Waals surface area contributed by atoms with Crippen molar-refractivity contribution in [2.75, 3.05) is 0 Å². The number of allylic oxidation sites excluding steroid dienone is 10. The van der Waals surface area contributed by atoms with Gasteiger partial charge in [0.05, 0.1) is 5.41 Å². The third-order valence-electron chi connectivity index (χ3n) is 6.29. The van der Waals surface area contributed by atoms with Crippen LogP contribution < -0.4 is 0 Å². The van der Waals surface area contributed by atoms with Gasteiger partial charge in [-0.15, -0.1) is 0 Å². The highest BCUT2D eigenvalue weighted by Crippen LogP contribution is 2.58. The lowest BCUT2D eigenvalue weighted by Gasteiger charge is -2.36. The molecule has 0 N–H and O–H groups in total. The van der Waals surface area contributed by atoms with E-state index in [1.165, 1.54) is 50.9 Å². The summed E-state index contributed by atoms with van der Waals surface area (Å²) in [5.41, 5.74) is 10.7. The summed E-state index contributed by atoms with van der Waals surface area (Å²) in [7, 11) is 0. The largest absolute Gasteiger partial charge is 0.245 e. The van der Waals surface area contributed by atoms with E-state index in [0.717, 1.165) is 0 Å². The Morgan fingerprint density at radius 2 is 1.10 bits per heavy atom. The molecule has 7 rings (SSSR count). The van der Waals surface area contributed by atoms with Crippen LogP contribution in [0.3, 0.4) is 0 Å². The van der Waals surface area contributed by atoms with Gasteiger partial charge >= 0.3 is 0 Å². The molecular formula is C29H20N2. The summed E-state index contributed by atoms with van der Waals surface area (Å²) in [5, 5.41) is 0.